The molecule has 2 heteroatoms. The van der Waals surface area contributed by atoms with Gasteiger partial charge in [0.25, 0.3) is 0 Å². The van der Waals surface area contributed by atoms with Crippen LogP contribution in [0.3, 0.4) is 0 Å². The number of alkyl halides is 1. The second kappa shape index (κ2) is 3.43. The van der Waals surface area contributed by atoms with E-state index in [1.54, 1.807) is 0 Å². The van der Waals surface area contributed by atoms with E-state index in [4.69, 9.17) is 11.6 Å². The lowest BCUT2D eigenvalue weighted by molar-refractivity contribution is -0.0247. The van der Waals surface area contributed by atoms with Gasteiger partial charge in [-0.1, -0.05) is 6.92 Å². The molecule has 0 aromatic carbocycles. The molecular formula is C11H21ClO. The van der Waals surface area contributed by atoms with Gasteiger partial charge in [-0.3, -0.25) is 0 Å². The van der Waals surface area contributed by atoms with Crippen LogP contribution in [-0.2, 0) is 0 Å². The van der Waals surface area contributed by atoms with E-state index >= 15 is 0 Å². The van der Waals surface area contributed by atoms with E-state index in [1.165, 1.54) is 0 Å². The third-order valence-electron chi connectivity index (χ3n) is 3.13. The number of aliphatic hydroxyl groups is 1. The van der Waals surface area contributed by atoms with Gasteiger partial charge in [0.15, 0.2) is 0 Å². The Hall–Kier alpha value is 0.250. The minimum Gasteiger partial charge on any atom is -0.390 e. The second-order valence-electron chi connectivity index (χ2n) is 5.51. The molecule has 78 valence electrons. The molecule has 0 aliphatic heterocycles. The summed E-state index contributed by atoms with van der Waals surface area (Å²) in [5.74, 6) is 1.03. The summed E-state index contributed by atoms with van der Waals surface area (Å²) in [5.41, 5.74) is -0.505. The quantitative estimate of drug-likeness (QED) is 0.651. The Labute approximate surface area is 86.5 Å². The van der Waals surface area contributed by atoms with E-state index in [-0.39, 0.29) is 4.87 Å². The van der Waals surface area contributed by atoms with Gasteiger partial charge in [0.1, 0.15) is 0 Å². The lowest BCUT2D eigenvalue weighted by atomic mass is 9.70. The third kappa shape index (κ3) is 3.14. The first kappa shape index (κ1) is 11.3. The van der Waals surface area contributed by atoms with Crippen LogP contribution in [0.15, 0.2) is 0 Å². The van der Waals surface area contributed by atoms with Crippen LogP contribution in [0.1, 0.15) is 47.0 Å². The van der Waals surface area contributed by atoms with Crippen LogP contribution in [-0.4, -0.2) is 15.6 Å². The molecule has 0 heterocycles. The summed E-state index contributed by atoms with van der Waals surface area (Å²) >= 11 is 6.29. The van der Waals surface area contributed by atoms with Gasteiger partial charge in [-0.2, -0.15) is 0 Å². The van der Waals surface area contributed by atoms with Crippen molar-refractivity contribution in [2.75, 3.05) is 0 Å². The van der Waals surface area contributed by atoms with Crippen molar-refractivity contribution in [3.63, 3.8) is 0 Å². The zero-order chi connectivity index (χ0) is 10.3. The maximum Gasteiger partial charge on any atom is 0.0625 e. The molecule has 0 spiro atoms. The van der Waals surface area contributed by atoms with Crippen molar-refractivity contribution in [1.29, 1.82) is 0 Å². The van der Waals surface area contributed by atoms with Crippen molar-refractivity contribution in [3.8, 4) is 0 Å². The van der Waals surface area contributed by atoms with Crippen LogP contribution in [0.25, 0.3) is 0 Å². The highest BCUT2D eigenvalue weighted by atomic mass is 35.5. The van der Waals surface area contributed by atoms with Crippen molar-refractivity contribution in [3.05, 3.63) is 0 Å². The SMILES string of the molecule is C[C@@H]1C[C@@H](C(C)(C)Cl)C[C@@](C)(O)C1. The van der Waals surface area contributed by atoms with Crippen LogP contribution < -0.4 is 0 Å². The average Bonchev–Trinajstić information content (AvgIpc) is 1.79. The van der Waals surface area contributed by atoms with Gasteiger partial charge in [-0.25, -0.2) is 0 Å². The molecule has 1 saturated carbocycles. The molecule has 13 heavy (non-hydrogen) atoms. The van der Waals surface area contributed by atoms with E-state index in [0.717, 1.165) is 19.3 Å². The van der Waals surface area contributed by atoms with Gasteiger partial charge in [0, 0.05) is 4.87 Å². The van der Waals surface area contributed by atoms with Crippen LogP contribution in [0.2, 0.25) is 0 Å². The molecule has 1 aliphatic rings. The normalized spacial score (nSPS) is 42.0. The fraction of sp³-hybridized carbons (Fsp3) is 1.00. The van der Waals surface area contributed by atoms with Crippen LogP contribution >= 0.6 is 11.6 Å². The molecule has 0 aromatic heterocycles. The Morgan fingerprint density at radius 3 is 2.31 bits per heavy atom. The van der Waals surface area contributed by atoms with Gasteiger partial charge in [-0.05, 0) is 51.9 Å². The van der Waals surface area contributed by atoms with E-state index in [0.29, 0.717) is 11.8 Å². The molecule has 0 unspecified atom stereocenters. The highest BCUT2D eigenvalue weighted by molar-refractivity contribution is 6.23. The van der Waals surface area contributed by atoms with Crippen LogP contribution in [0.4, 0.5) is 0 Å². The standard InChI is InChI=1S/C11H21ClO/c1-8-5-9(10(2,3)12)7-11(4,13)6-8/h8-9,13H,5-7H2,1-4H3/t8-,9-,11+/m1/s1. The topological polar surface area (TPSA) is 20.2 Å². The fourth-order valence-corrected chi connectivity index (χ4v) is 2.71. The molecule has 0 bridgehead atoms. The van der Waals surface area contributed by atoms with Gasteiger partial charge in [-0.15, -0.1) is 11.6 Å². The molecule has 3 atom stereocenters. The van der Waals surface area contributed by atoms with E-state index in [1.807, 2.05) is 20.8 Å². The average molecular weight is 205 g/mol. The molecular weight excluding hydrogens is 184 g/mol. The monoisotopic (exact) mass is 204 g/mol. The second-order valence-corrected chi connectivity index (χ2v) is 6.48. The van der Waals surface area contributed by atoms with Crippen molar-refractivity contribution in [2.24, 2.45) is 11.8 Å². The summed E-state index contributed by atoms with van der Waals surface area (Å²) in [6.07, 6.45) is 2.90. The molecule has 0 aromatic rings. The maximum absolute atomic E-state index is 10.0. The van der Waals surface area contributed by atoms with Crippen molar-refractivity contribution < 1.29 is 5.11 Å². The summed E-state index contributed by atoms with van der Waals surface area (Å²) in [6, 6.07) is 0. The van der Waals surface area contributed by atoms with Gasteiger partial charge < -0.3 is 5.11 Å². The van der Waals surface area contributed by atoms with E-state index in [9.17, 15) is 5.11 Å². The van der Waals surface area contributed by atoms with E-state index in [2.05, 4.69) is 6.92 Å². The van der Waals surface area contributed by atoms with Crippen molar-refractivity contribution in [1.82, 2.24) is 0 Å². The van der Waals surface area contributed by atoms with Crippen LogP contribution in [0.5, 0.6) is 0 Å². The molecule has 1 nitrogen and oxygen atoms in total. The molecule has 1 aliphatic carbocycles. The lowest BCUT2D eigenvalue weighted by Crippen LogP contribution is -2.41. The molecule has 1 N–H and O–H groups in total. The number of rotatable bonds is 1. The van der Waals surface area contributed by atoms with Gasteiger partial charge in [0.05, 0.1) is 5.60 Å². The minimum absolute atomic E-state index is 0.182. The predicted molar refractivity (Wildman–Crippen MR) is 57.1 cm³/mol. The Morgan fingerprint density at radius 2 is 1.92 bits per heavy atom. The summed E-state index contributed by atoms with van der Waals surface area (Å²) in [6.45, 7) is 8.22. The van der Waals surface area contributed by atoms with Gasteiger partial charge in [0.2, 0.25) is 0 Å². The smallest absolute Gasteiger partial charge is 0.0625 e. The lowest BCUT2D eigenvalue weighted by Gasteiger charge is -2.42. The fourth-order valence-electron chi connectivity index (χ4n) is 2.54. The molecule has 1 rings (SSSR count). The predicted octanol–water partition coefficient (Wildman–Crippen LogP) is 3.19. The zero-order valence-electron chi connectivity index (χ0n) is 9.10. The highest BCUT2D eigenvalue weighted by Gasteiger charge is 2.39. The van der Waals surface area contributed by atoms with E-state index < -0.39 is 5.60 Å². The molecule has 0 radical (unpaired) electrons. The number of hydrogen-bond acceptors (Lipinski definition) is 1. The first-order chi connectivity index (χ1) is 5.71. The summed E-state index contributed by atoms with van der Waals surface area (Å²) in [5, 5.41) is 10.0. The summed E-state index contributed by atoms with van der Waals surface area (Å²) in [7, 11) is 0. The summed E-state index contributed by atoms with van der Waals surface area (Å²) < 4.78 is 0. The first-order valence-corrected chi connectivity index (χ1v) is 5.50. The number of hydrogen-bond donors (Lipinski definition) is 1. The Kier molecular flexibility index (Phi) is 2.99. The first-order valence-electron chi connectivity index (χ1n) is 5.12. The zero-order valence-corrected chi connectivity index (χ0v) is 9.86. The highest BCUT2D eigenvalue weighted by Crippen LogP contribution is 2.43. The third-order valence-corrected chi connectivity index (χ3v) is 3.44. The number of halogens is 1. The minimum atomic E-state index is -0.505. The molecule has 0 saturated heterocycles. The Bertz CT molecular complexity index is 181. The summed E-state index contributed by atoms with van der Waals surface area (Å²) in [4.78, 5) is -0.182. The largest absolute Gasteiger partial charge is 0.390 e. The van der Waals surface area contributed by atoms with Crippen molar-refractivity contribution in [2.45, 2.75) is 57.4 Å². The van der Waals surface area contributed by atoms with Crippen molar-refractivity contribution >= 4 is 11.6 Å². The maximum atomic E-state index is 10.0. The molecule has 1 fully saturated rings. The Morgan fingerprint density at radius 1 is 1.38 bits per heavy atom. The Balaban J connectivity index is 2.69. The van der Waals surface area contributed by atoms with Crippen LogP contribution in [0, 0.1) is 11.8 Å². The molecule has 0 amide bonds. The van der Waals surface area contributed by atoms with Gasteiger partial charge >= 0.3 is 0 Å².